The minimum atomic E-state index is -2.38. The number of halogens is 2. The molecule has 0 saturated carbocycles. The van der Waals surface area contributed by atoms with Gasteiger partial charge in [-0.1, -0.05) is 6.92 Å². The zero-order valence-corrected chi connectivity index (χ0v) is 7.76. The number of nitrogens with zero attached hydrogens (tertiary/aromatic N) is 1. The van der Waals surface area contributed by atoms with Gasteiger partial charge in [-0.3, -0.25) is 10.2 Å². The van der Waals surface area contributed by atoms with Crippen LogP contribution >= 0.6 is 0 Å². The van der Waals surface area contributed by atoms with Crippen molar-refractivity contribution in [2.24, 2.45) is 11.8 Å². The minimum Gasteiger partial charge on any atom is -0.300 e. The lowest BCUT2D eigenvalue weighted by molar-refractivity contribution is -0.125. The maximum Gasteiger partial charge on any atom is 0.251 e. The first-order valence-electron chi connectivity index (χ1n) is 3.94. The first-order valence-corrected chi connectivity index (χ1v) is 3.94. The molecule has 0 aromatic carbocycles. The van der Waals surface area contributed by atoms with Crippen molar-refractivity contribution in [3.05, 3.63) is 0 Å². The highest BCUT2D eigenvalue weighted by atomic mass is 19.3. The van der Waals surface area contributed by atoms with Crippen LogP contribution in [-0.4, -0.2) is 37.4 Å². The molecule has 0 spiro atoms. The molecule has 0 radical (unpaired) electrons. The van der Waals surface area contributed by atoms with Gasteiger partial charge in [-0.05, 0) is 7.05 Å². The van der Waals surface area contributed by atoms with Gasteiger partial charge in [-0.2, -0.15) is 0 Å². The van der Waals surface area contributed by atoms with E-state index in [1.165, 1.54) is 11.9 Å². The Hall–Kier alpha value is -0.750. The summed E-state index contributed by atoms with van der Waals surface area (Å²) in [7, 11) is 1.53. The molecule has 1 amide bonds. The Balaban J connectivity index is 3.77. The van der Waals surface area contributed by atoms with Crippen LogP contribution in [-0.2, 0) is 4.79 Å². The maximum absolute atomic E-state index is 11.9. The molecule has 0 saturated heterocycles. The summed E-state index contributed by atoms with van der Waals surface area (Å²) >= 11 is 0. The Kier molecular flexibility index (Phi) is 5.48. The number of hydrazine groups is 1. The Labute approximate surface area is 76.0 Å². The molecular weight excluding hydrogens is 180 g/mol. The lowest BCUT2D eigenvalue weighted by Crippen LogP contribution is -2.40. The third-order valence-electron chi connectivity index (χ3n) is 1.63. The SMILES string of the molecule is CC(CN(C)CC(F)F)C(=O)NN. The zero-order chi connectivity index (χ0) is 10.4. The zero-order valence-electron chi connectivity index (χ0n) is 7.76. The van der Waals surface area contributed by atoms with Gasteiger partial charge < -0.3 is 4.90 Å². The monoisotopic (exact) mass is 195 g/mol. The average Bonchev–Trinajstić information content (AvgIpc) is 2.01. The molecule has 0 aliphatic rings. The lowest BCUT2D eigenvalue weighted by Gasteiger charge is -2.19. The third kappa shape index (κ3) is 5.48. The van der Waals surface area contributed by atoms with Crippen LogP contribution in [0.1, 0.15) is 6.92 Å². The quantitative estimate of drug-likeness (QED) is 0.363. The number of carbonyl (C=O) groups excluding carboxylic acids is 1. The lowest BCUT2D eigenvalue weighted by atomic mass is 10.1. The second kappa shape index (κ2) is 5.82. The van der Waals surface area contributed by atoms with Gasteiger partial charge in [0.2, 0.25) is 5.91 Å². The second-order valence-corrected chi connectivity index (χ2v) is 3.02. The van der Waals surface area contributed by atoms with Crippen molar-refractivity contribution in [2.75, 3.05) is 20.1 Å². The van der Waals surface area contributed by atoms with Crippen LogP contribution in [0.25, 0.3) is 0 Å². The molecule has 0 aliphatic carbocycles. The predicted molar refractivity (Wildman–Crippen MR) is 45.0 cm³/mol. The fraction of sp³-hybridized carbons (Fsp3) is 0.857. The van der Waals surface area contributed by atoms with Gasteiger partial charge in [0.15, 0.2) is 0 Å². The van der Waals surface area contributed by atoms with Crippen molar-refractivity contribution in [1.82, 2.24) is 10.3 Å². The van der Waals surface area contributed by atoms with Crippen LogP contribution in [0.15, 0.2) is 0 Å². The molecule has 0 bridgehead atoms. The van der Waals surface area contributed by atoms with Gasteiger partial charge in [0.25, 0.3) is 6.43 Å². The van der Waals surface area contributed by atoms with E-state index in [4.69, 9.17) is 5.84 Å². The van der Waals surface area contributed by atoms with Crippen molar-refractivity contribution < 1.29 is 13.6 Å². The Morgan fingerprint density at radius 3 is 2.46 bits per heavy atom. The summed E-state index contributed by atoms with van der Waals surface area (Å²) in [5, 5.41) is 0. The van der Waals surface area contributed by atoms with Crippen LogP contribution in [0, 0.1) is 5.92 Å². The summed E-state index contributed by atoms with van der Waals surface area (Å²) in [4.78, 5) is 12.3. The molecule has 3 N–H and O–H groups in total. The highest BCUT2D eigenvalue weighted by molar-refractivity contribution is 5.77. The molecule has 1 unspecified atom stereocenters. The fourth-order valence-electron chi connectivity index (χ4n) is 1.00. The van der Waals surface area contributed by atoms with Crippen molar-refractivity contribution in [3.63, 3.8) is 0 Å². The minimum absolute atomic E-state index is 0.271. The average molecular weight is 195 g/mol. The summed E-state index contributed by atoms with van der Waals surface area (Å²) in [6.45, 7) is 1.57. The van der Waals surface area contributed by atoms with E-state index < -0.39 is 6.43 Å². The van der Waals surface area contributed by atoms with E-state index in [9.17, 15) is 13.6 Å². The second-order valence-electron chi connectivity index (χ2n) is 3.02. The van der Waals surface area contributed by atoms with E-state index in [1.54, 1.807) is 6.92 Å². The summed E-state index contributed by atoms with van der Waals surface area (Å²) < 4.78 is 23.7. The smallest absolute Gasteiger partial charge is 0.251 e. The number of amides is 1. The number of rotatable bonds is 5. The Morgan fingerprint density at radius 2 is 2.08 bits per heavy atom. The van der Waals surface area contributed by atoms with E-state index in [-0.39, 0.29) is 24.9 Å². The van der Waals surface area contributed by atoms with Gasteiger partial charge in [-0.15, -0.1) is 0 Å². The van der Waals surface area contributed by atoms with E-state index in [2.05, 4.69) is 0 Å². The number of alkyl halides is 2. The summed E-state index contributed by atoms with van der Waals surface area (Å²) in [5.74, 6) is 4.16. The van der Waals surface area contributed by atoms with Gasteiger partial charge in [0.05, 0.1) is 6.54 Å². The molecule has 13 heavy (non-hydrogen) atoms. The number of nitrogens with one attached hydrogen (secondary N) is 1. The maximum atomic E-state index is 11.9. The Morgan fingerprint density at radius 1 is 1.54 bits per heavy atom. The highest BCUT2D eigenvalue weighted by Crippen LogP contribution is 2.01. The molecule has 4 nitrogen and oxygen atoms in total. The first kappa shape index (κ1) is 12.2. The van der Waals surface area contributed by atoms with Crippen molar-refractivity contribution in [2.45, 2.75) is 13.3 Å². The summed E-state index contributed by atoms with van der Waals surface area (Å²) in [6, 6.07) is 0. The molecule has 0 rings (SSSR count). The van der Waals surface area contributed by atoms with Gasteiger partial charge in [-0.25, -0.2) is 14.6 Å². The van der Waals surface area contributed by atoms with Crippen molar-refractivity contribution in [3.8, 4) is 0 Å². The molecule has 0 aliphatic heterocycles. The van der Waals surface area contributed by atoms with Gasteiger partial charge in [0.1, 0.15) is 0 Å². The summed E-state index contributed by atoms with van der Waals surface area (Å²) in [6.07, 6.45) is -2.38. The van der Waals surface area contributed by atoms with E-state index in [0.29, 0.717) is 0 Å². The largest absolute Gasteiger partial charge is 0.300 e. The van der Waals surface area contributed by atoms with Crippen LogP contribution in [0.3, 0.4) is 0 Å². The molecule has 0 fully saturated rings. The van der Waals surface area contributed by atoms with Crippen LogP contribution in [0.4, 0.5) is 8.78 Å². The van der Waals surface area contributed by atoms with E-state index in [0.717, 1.165) is 0 Å². The van der Waals surface area contributed by atoms with Crippen molar-refractivity contribution >= 4 is 5.91 Å². The normalized spacial score (nSPS) is 13.5. The molecule has 0 aromatic rings. The predicted octanol–water partition coefficient (Wildman–Crippen LogP) is -0.191. The van der Waals surface area contributed by atoms with Gasteiger partial charge in [0, 0.05) is 12.5 Å². The number of carbonyl (C=O) groups is 1. The van der Waals surface area contributed by atoms with Crippen LogP contribution < -0.4 is 11.3 Å². The molecule has 0 aromatic heterocycles. The molecule has 1 atom stereocenters. The fourth-order valence-corrected chi connectivity index (χ4v) is 1.00. The van der Waals surface area contributed by atoms with E-state index in [1.807, 2.05) is 5.43 Å². The summed E-state index contributed by atoms with van der Waals surface area (Å²) in [5.41, 5.74) is 1.97. The third-order valence-corrected chi connectivity index (χ3v) is 1.63. The van der Waals surface area contributed by atoms with Crippen molar-refractivity contribution in [1.29, 1.82) is 0 Å². The van der Waals surface area contributed by atoms with Gasteiger partial charge >= 0.3 is 0 Å². The topological polar surface area (TPSA) is 58.4 Å². The standard InChI is InChI=1S/C7H15F2N3O/c1-5(7(13)11-10)3-12(2)4-6(8)9/h5-6H,3-4,10H2,1-2H3,(H,11,13). The molecule has 0 heterocycles. The Bertz CT molecular complexity index is 166. The number of hydrogen-bond donors (Lipinski definition) is 2. The highest BCUT2D eigenvalue weighted by Gasteiger charge is 2.15. The number of hydrogen-bond acceptors (Lipinski definition) is 3. The number of nitrogens with two attached hydrogens (primary N) is 1. The molecule has 78 valence electrons. The van der Waals surface area contributed by atoms with Crippen LogP contribution in [0.2, 0.25) is 0 Å². The first-order chi connectivity index (χ1) is 5.97. The van der Waals surface area contributed by atoms with Crippen LogP contribution in [0.5, 0.6) is 0 Å². The van der Waals surface area contributed by atoms with E-state index >= 15 is 0 Å². The molecule has 6 heteroatoms. The molecular formula is C7H15F2N3O.